The first-order valence-corrected chi connectivity index (χ1v) is 19.7. The highest BCUT2D eigenvalue weighted by atomic mass is 15.3. The Hall–Kier alpha value is -6.25. The highest BCUT2D eigenvalue weighted by molar-refractivity contribution is 6.26. The minimum Gasteiger partial charge on any atom is -0.317 e. The van der Waals surface area contributed by atoms with Gasteiger partial charge in [0.2, 0.25) is 0 Å². The van der Waals surface area contributed by atoms with E-state index in [1.165, 1.54) is 93.6 Å². The quantitative estimate of drug-likeness (QED) is 0.167. The molecule has 2 atom stereocenters. The number of hydrogen-bond donors (Lipinski definition) is 0. The minimum atomic E-state index is -0.140. The monoisotopic (exact) mass is 704 g/mol. The van der Waals surface area contributed by atoms with Crippen LogP contribution in [0.4, 0.5) is 5.69 Å². The van der Waals surface area contributed by atoms with Crippen LogP contribution in [0.2, 0.25) is 0 Å². The van der Waals surface area contributed by atoms with E-state index in [-0.39, 0.29) is 22.9 Å². The van der Waals surface area contributed by atoms with Crippen LogP contribution >= 0.6 is 0 Å². The lowest BCUT2D eigenvalue weighted by atomic mass is 9.79. The Kier molecular flexibility index (Phi) is 6.06. The molecule has 2 nitrogen and oxygen atoms in total. The SMILES string of the molecule is CC1(C)c2cc(-c3ccc(C4=NC5C=CC=CC5N4c4ccccc4)cc3)ccc2-c2cc3c(cc21)-c1c(cc2ccc4cccc5ccc1c2c45)C3(C)C. The Morgan fingerprint density at radius 2 is 1.15 bits per heavy atom. The third-order valence-corrected chi connectivity index (χ3v) is 13.5. The number of allylic oxidation sites excluding steroid dienone is 2. The average Bonchev–Trinajstić information content (AvgIpc) is 3.79. The molecule has 1 aliphatic heterocycles. The molecule has 1 heterocycles. The molecule has 0 aromatic heterocycles. The van der Waals surface area contributed by atoms with Gasteiger partial charge in [0.05, 0.1) is 12.1 Å². The van der Waals surface area contributed by atoms with Crippen LogP contribution in [0.15, 0.2) is 163 Å². The highest BCUT2D eigenvalue weighted by Crippen LogP contribution is 2.58. The molecule has 0 radical (unpaired) electrons. The van der Waals surface area contributed by atoms with Crippen molar-refractivity contribution in [1.82, 2.24) is 0 Å². The van der Waals surface area contributed by atoms with Gasteiger partial charge in [-0.1, -0.05) is 149 Å². The van der Waals surface area contributed by atoms with Gasteiger partial charge in [-0.05, 0) is 124 Å². The topological polar surface area (TPSA) is 15.6 Å². The standard InChI is InChI=1S/C53H40N2/c1-52(2)42-27-35(31-17-20-34(21-18-31)51-54-46-15-8-9-16-47(46)55(51)37-13-6-5-7-14-37)24-25-38(42)40-29-44-41(30-43(40)52)50-39-26-23-33-12-10-11-32-19-22-36(49(39)48(32)33)28-45(50)53(44,3)4/h5-30,46-47H,1-4H3. The summed E-state index contributed by atoms with van der Waals surface area (Å²) in [4.78, 5) is 7.61. The molecule has 3 aliphatic carbocycles. The van der Waals surface area contributed by atoms with Gasteiger partial charge in [0.25, 0.3) is 0 Å². The molecule has 8 aromatic rings. The first-order chi connectivity index (χ1) is 26.8. The lowest BCUT2D eigenvalue weighted by Gasteiger charge is -2.29. The number of benzene rings is 8. The van der Waals surface area contributed by atoms with Crippen LogP contribution in [-0.4, -0.2) is 17.9 Å². The second-order valence-corrected chi connectivity index (χ2v) is 17.1. The van der Waals surface area contributed by atoms with E-state index in [4.69, 9.17) is 4.99 Å². The Balaban J connectivity index is 0.942. The summed E-state index contributed by atoms with van der Waals surface area (Å²) in [5.41, 5.74) is 15.8. The van der Waals surface area contributed by atoms with Gasteiger partial charge in [-0.15, -0.1) is 0 Å². The van der Waals surface area contributed by atoms with Crippen LogP contribution in [0.3, 0.4) is 0 Å². The van der Waals surface area contributed by atoms with Crippen molar-refractivity contribution >= 4 is 43.8 Å². The number of para-hydroxylation sites is 1. The average molecular weight is 705 g/mol. The Morgan fingerprint density at radius 1 is 0.491 bits per heavy atom. The van der Waals surface area contributed by atoms with E-state index in [1.54, 1.807) is 0 Å². The van der Waals surface area contributed by atoms with Gasteiger partial charge in [0, 0.05) is 22.1 Å². The molecule has 55 heavy (non-hydrogen) atoms. The maximum atomic E-state index is 5.22. The molecular weight excluding hydrogens is 665 g/mol. The van der Waals surface area contributed by atoms with Gasteiger partial charge in [-0.3, -0.25) is 4.99 Å². The zero-order valence-corrected chi connectivity index (χ0v) is 31.6. The first-order valence-electron chi connectivity index (χ1n) is 19.7. The van der Waals surface area contributed by atoms with Crippen molar-refractivity contribution in [3.63, 3.8) is 0 Å². The number of nitrogens with zero attached hydrogens (tertiary/aromatic N) is 2. The van der Waals surface area contributed by atoms with Crippen LogP contribution in [0.1, 0.15) is 55.5 Å². The van der Waals surface area contributed by atoms with E-state index < -0.39 is 0 Å². The molecule has 8 aromatic carbocycles. The molecule has 4 aliphatic rings. The fraction of sp³-hybridized carbons (Fsp3) is 0.151. The van der Waals surface area contributed by atoms with Gasteiger partial charge in [0.15, 0.2) is 0 Å². The van der Waals surface area contributed by atoms with Gasteiger partial charge in [0.1, 0.15) is 5.84 Å². The van der Waals surface area contributed by atoms with Gasteiger partial charge >= 0.3 is 0 Å². The van der Waals surface area contributed by atoms with Gasteiger partial charge in [-0.2, -0.15) is 0 Å². The van der Waals surface area contributed by atoms with E-state index in [1.807, 2.05) is 0 Å². The predicted octanol–water partition coefficient (Wildman–Crippen LogP) is 13.0. The highest BCUT2D eigenvalue weighted by Gasteiger charge is 2.43. The second-order valence-electron chi connectivity index (χ2n) is 17.1. The Morgan fingerprint density at radius 3 is 1.96 bits per heavy atom. The van der Waals surface area contributed by atoms with Crippen LogP contribution in [0, 0.1) is 0 Å². The summed E-state index contributed by atoms with van der Waals surface area (Å²) in [7, 11) is 0. The molecule has 0 bridgehead atoms. The number of fused-ring (bicyclic) bond motifs is 8. The number of anilines is 1. The molecular formula is C53H40N2. The largest absolute Gasteiger partial charge is 0.317 e. The van der Waals surface area contributed by atoms with Crippen molar-refractivity contribution in [2.24, 2.45) is 4.99 Å². The summed E-state index contributed by atoms with van der Waals surface area (Å²) in [5, 5.41) is 8.14. The van der Waals surface area contributed by atoms with Crippen molar-refractivity contribution < 1.29 is 0 Å². The van der Waals surface area contributed by atoms with Gasteiger partial charge < -0.3 is 4.90 Å². The maximum Gasteiger partial charge on any atom is 0.136 e. The van der Waals surface area contributed by atoms with Crippen molar-refractivity contribution in [3.05, 3.63) is 186 Å². The lowest BCUT2D eigenvalue weighted by Crippen LogP contribution is -2.39. The maximum absolute atomic E-state index is 5.22. The zero-order chi connectivity index (χ0) is 36.8. The summed E-state index contributed by atoms with van der Waals surface area (Å²) in [6.07, 6.45) is 8.75. The summed E-state index contributed by atoms with van der Waals surface area (Å²) < 4.78 is 0. The number of amidine groups is 1. The zero-order valence-electron chi connectivity index (χ0n) is 31.6. The molecule has 0 amide bonds. The van der Waals surface area contributed by atoms with Crippen LogP contribution in [0.5, 0.6) is 0 Å². The summed E-state index contributed by atoms with van der Waals surface area (Å²) in [6.45, 7) is 9.68. The molecule has 0 N–H and O–H groups in total. The normalized spacial score (nSPS) is 19.5. The van der Waals surface area contributed by atoms with Gasteiger partial charge in [-0.25, -0.2) is 0 Å². The molecule has 0 saturated heterocycles. The summed E-state index contributed by atoms with van der Waals surface area (Å²) >= 11 is 0. The second kappa shape index (κ2) is 10.7. The molecule has 2 heteroatoms. The van der Waals surface area contributed by atoms with E-state index in [0.29, 0.717) is 0 Å². The van der Waals surface area contributed by atoms with Crippen molar-refractivity contribution in [2.75, 3.05) is 4.90 Å². The van der Waals surface area contributed by atoms with Crippen molar-refractivity contribution in [3.8, 4) is 33.4 Å². The fourth-order valence-corrected chi connectivity index (χ4v) is 10.6. The number of aliphatic imine (C=N–C) groups is 1. The Labute approximate surface area is 322 Å². The van der Waals surface area contributed by atoms with Crippen molar-refractivity contribution in [1.29, 1.82) is 0 Å². The Bertz CT molecular complexity index is 3010. The van der Waals surface area contributed by atoms with Crippen LogP contribution in [0.25, 0.3) is 65.7 Å². The number of hydrogen-bond acceptors (Lipinski definition) is 2. The summed E-state index contributed by atoms with van der Waals surface area (Å²) in [5.74, 6) is 1.03. The van der Waals surface area contributed by atoms with Crippen molar-refractivity contribution in [2.45, 2.75) is 50.6 Å². The molecule has 2 unspecified atom stereocenters. The fourth-order valence-electron chi connectivity index (χ4n) is 10.6. The van der Waals surface area contributed by atoms with E-state index in [9.17, 15) is 0 Å². The predicted molar refractivity (Wildman–Crippen MR) is 232 cm³/mol. The van der Waals surface area contributed by atoms with Crippen LogP contribution < -0.4 is 4.90 Å². The first kappa shape index (κ1) is 31.1. The number of rotatable bonds is 3. The molecule has 12 rings (SSSR count). The molecule has 0 spiro atoms. The van der Waals surface area contributed by atoms with E-state index in [2.05, 4.69) is 190 Å². The van der Waals surface area contributed by atoms with Crippen LogP contribution in [-0.2, 0) is 10.8 Å². The molecule has 0 saturated carbocycles. The minimum absolute atomic E-state index is 0.108. The lowest BCUT2D eigenvalue weighted by molar-refractivity contribution is 0.652. The molecule has 0 fully saturated rings. The summed E-state index contributed by atoms with van der Waals surface area (Å²) in [6, 6.07) is 50.8. The smallest absolute Gasteiger partial charge is 0.136 e. The molecule has 262 valence electrons. The van der Waals surface area contributed by atoms with E-state index >= 15 is 0 Å². The van der Waals surface area contributed by atoms with E-state index in [0.717, 1.165) is 11.4 Å². The third kappa shape index (κ3) is 4.12. The third-order valence-electron chi connectivity index (χ3n) is 13.5.